The van der Waals surface area contributed by atoms with Crippen LogP contribution in [-0.4, -0.2) is 50.0 Å². The van der Waals surface area contributed by atoms with Crippen LogP contribution in [-0.2, 0) is 6.54 Å². The van der Waals surface area contributed by atoms with E-state index >= 15 is 0 Å². The van der Waals surface area contributed by atoms with E-state index in [2.05, 4.69) is 17.2 Å². The summed E-state index contributed by atoms with van der Waals surface area (Å²) in [4.78, 5) is 20.3. The number of carbonyl (C=O) groups is 1. The standard InChI is InChI=1S/C19H30N4O2S/c1-14(7-6-8-19(2,3)25)20-13-15-16(17(24)22-9-4-5-10-22)21-18-23(15)11-12-26-18/h11-12,14,20,25H,4-10,13H2,1-3H3. The van der Waals surface area contributed by atoms with E-state index < -0.39 is 5.60 Å². The maximum Gasteiger partial charge on any atom is 0.274 e. The number of carbonyl (C=O) groups excluding carboxylic acids is 1. The van der Waals surface area contributed by atoms with Crippen molar-refractivity contribution in [3.8, 4) is 0 Å². The molecular weight excluding hydrogens is 348 g/mol. The van der Waals surface area contributed by atoms with Gasteiger partial charge in [-0.3, -0.25) is 9.20 Å². The number of rotatable bonds is 8. The zero-order valence-corrected chi connectivity index (χ0v) is 16.8. The normalized spacial score (nSPS) is 16.5. The van der Waals surface area contributed by atoms with Gasteiger partial charge in [-0.15, -0.1) is 11.3 Å². The van der Waals surface area contributed by atoms with Crippen molar-refractivity contribution in [2.45, 2.75) is 71.1 Å². The lowest BCUT2D eigenvalue weighted by Crippen LogP contribution is -2.31. The average molecular weight is 379 g/mol. The molecular formula is C19H30N4O2S. The van der Waals surface area contributed by atoms with E-state index in [4.69, 9.17) is 0 Å². The highest BCUT2D eigenvalue weighted by Gasteiger charge is 2.26. The molecule has 7 heteroatoms. The van der Waals surface area contributed by atoms with Crippen LogP contribution < -0.4 is 5.32 Å². The largest absolute Gasteiger partial charge is 0.390 e. The minimum absolute atomic E-state index is 0.0601. The zero-order valence-electron chi connectivity index (χ0n) is 16.0. The SMILES string of the molecule is CC(CCCC(C)(C)O)NCc1c(C(=O)N2CCCC2)nc2sccn12. The number of nitrogens with one attached hydrogen (secondary N) is 1. The van der Waals surface area contributed by atoms with E-state index in [-0.39, 0.29) is 5.91 Å². The van der Waals surface area contributed by atoms with Crippen molar-refractivity contribution in [2.75, 3.05) is 13.1 Å². The molecule has 1 atom stereocenters. The molecule has 1 fully saturated rings. The van der Waals surface area contributed by atoms with Gasteiger partial charge >= 0.3 is 0 Å². The second-order valence-corrected chi connectivity index (χ2v) is 8.82. The van der Waals surface area contributed by atoms with Crippen LogP contribution in [0.15, 0.2) is 11.6 Å². The molecule has 3 rings (SSSR count). The van der Waals surface area contributed by atoms with E-state index in [0.717, 1.165) is 55.8 Å². The second-order valence-electron chi connectivity index (χ2n) is 7.95. The molecule has 1 aliphatic heterocycles. The molecule has 6 nitrogen and oxygen atoms in total. The second kappa shape index (κ2) is 8.06. The Hall–Kier alpha value is -1.44. The summed E-state index contributed by atoms with van der Waals surface area (Å²) in [5, 5.41) is 15.4. The molecule has 0 radical (unpaired) electrons. The van der Waals surface area contributed by atoms with Crippen molar-refractivity contribution in [3.63, 3.8) is 0 Å². The Kier molecular flexibility index (Phi) is 5.99. The van der Waals surface area contributed by atoms with E-state index in [1.54, 1.807) is 11.3 Å². The van der Waals surface area contributed by atoms with Gasteiger partial charge in [0, 0.05) is 37.3 Å². The lowest BCUT2D eigenvalue weighted by atomic mass is 10.00. The molecule has 2 N–H and O–H groups in total. The third-order valence-corrected chi connectivity index (χ3v) is 5.76. The number of hydrogen-bond donors (Lipinski definition) is 2. The lowest BCUT2D eigenvalue weighted by Gasteiger charge is -2.19. The van der Waals surface area contributed by atoms with Gasteiger partial charge < -0.3 is 15.3 Å². The van der Waals surface area contributed by atoms with Crippen LogP contribution in [0.3, 0.4) is 0 Å². The molecule has 1 saturated heterocycles. The summed E-state index contributed by atoms with van der Waals surface area (Å²) in [7, 11) is 0. The number of nitrogens with zero attached hydrogens (tertiary/aromatic N) is 3. The number of thiazole rings is 1. The third-order valence-electron chi connectivity index (χ3n) is 5.00. The molecule has 2 aromatic heterocycles. The van der Waals surface area contributed by atoms with Gasteiger partial charge in [-0.25, -0.2) is 4.98 Å². The number of aliphatic hydroxyl groups is 1. The molecule has 3 heterocycles. The number of aromatic nitrogens is 2. The molecule has 1 unspecified atom stereocenters. The van der Waals surface area contributed by atoms with Crippen LogP contribution in [0.4, 0.5) is 0 Å². The first-order valence-corrected chi connectivity index (χ1v) is 10.4. The Morgan fingerprint density at radius 3 is 2.85 bits per heavy atom. The van der Waals surface area contributed by atoms with Crippen molar-refractivity contribution in [1.82, 2.24) is 19.6 Å². The monoisotopic (exact) mass is 378 g/mol. The first kappa shape index (κ1) is 19.3. The van der Waals surface area contributed by atoms with Gasteiger partial charge in [0.2, 0.25) is 0 Å². The quantitative estimate of drug-likeness (QED) is 0.741. The van der Waals surface area contributed by atoms with Gasteiger partial charge in [0.1, 0.15) is 0 Å². The molecule has 0 aliphatic carbocycles. The fourth-order valence-corrected chi connectivity index (χ4v) is 4.19. The summed E-state index contributed by atoms with van der Waals surface area (Å²) in [6.45, 7) is 8.14. The molecule has 0 bridgehead atoms. The van der Waals surface area contributed by atoms with Gasteiger partial charge in [-0.2, -0.15) is 0 Å². The fraction of sp³-hybridized carbons (Fsp3) is 0.684. The molecule has 26 heavy (non-hydrogen) atoms. The minimum atomic E-state index is -0.608. The predicted octanol–water partition coefficient (Wildman–Crippen LogP) is 3.05. The molecule has 144 valence electrons. The Morgan fingerprint density at radius 2 is 2.15 bits per heavy atom. The van der Waals surface area contributed by atoms with E-state index in [1.807, 2.05) is 34.7 Å². The Labute approximate surface area is 159 Å². The summed E-state index contributed by atoms with van der Waals surface area (Å²) in [6.07, 6.45) is 6.91. The Morgan fingerprint density at radius 1 is 1.42 bits per heavy atom. The van der Waals surface area contributed by atoms with Crippen LogP contribution >= 0.6 is 11.3 Å². The van der Waals surface area contributed by atoms with Gasteiger partial charge in [0.05, 0.1) is 11.3 Å². The van der Waals surface area contributed by atoms with E-state index in [1.165, 1.54) is 0 Å². The van der Waals surface area contributed by atoms with Crippen molar-refractivity contribution in [3.05, 3.63) is 23.0 Å². The average Bonchev–Trinajstić information content (AvgIpc) is 3.28. The maximum absolute atomic E-state index is 12.9. The van der Waals surface area contributed by atoms with E-state index in [9.17, 15) is 9.90 Å². The third kappa shape index (κ3) is 4.64. The summed E-state index contributed by atoms with van der Waals surface area (Å²) in [5.74, 6) is 0.0601. The summed E-state index contributed by atoms with van der Waals surface area (Å²) in [5.41, 5.74) is 0.936. The van der Waals surface area contributed by atoms with Gasteiger partial charge in [0.25, 0.3) is 5.91 Å². The predicted molar refractivity (Wildman–Crippen MR) is 105 cm³/mol. The number of amides is 1. The highest BCUT2D eigenvalue weighted by Crippen LogP contribution is 2.21. The number of hydrogen-bond acceptors (Lipinski definition) is 5. The molecule has 2 aromatic rings. The summed E-state index contributed by atoms with van der Waals surface area (Å²) < 4.78 is 2.03. The lowest BCUT2D eigenvalue weighted by molar-refractivity contribution is 0.0674. The molecule has 1 amide bonds. The number of likely N-dealkylation sites (tertiary alicyclic amines) is 1. The summed E-state index contributed by atoms with van der Waals surface area (Å²) >= 11 is 1.56. The maximum atomic E-state index is 12.9. The number of imidazole rings is 1. The van der Waals surface area contributed by atoms with Gasteiger partial charge in [-0.05, 0) is 52.9 Å². The van der Waals surface area contributed by atoms with Gasteiger partial charge in [0.15, 0.2) is 10.7 Å². The van der Waals surface area contributed by atoms with Crippen LogP contribution in [0.1, 0.15) is 69.1 Å². The minimum Gasteiger partial charge on any atom is -0.390 e. The number of fused-ring (bicyclic) bond motifs is 1. The van der Waals surface area contributed by atoms with Gasteiger partial charge in [-0.1, -0.05) is 0 Å². The molecule has 0 saturated carbocycles. The highest BCUT2D eigenvalue weighted by molar-refractivity contribution is 7.15. The topological polar surface area (TPSA) is 69.9 Å². The Balaban J connectivity index is 1.65. The van der Waals surface area contributed by atoms with Crippen LogP contribution in [0.2, 0.25) is 0 Å². The van der Waals surface area contributed by atoms with Crippen LogP contribution in [0.25, 0.3) is 4.96 Å². The molecule has 0 spiro atoms. The zero-order chi connectivity index (χ0) is 18.7. The van der Waals surface area contributed by atoms with Crippen molar-refractivity contribution in [1.29, 1.82) is 0 Å². The van der Waals surface area contributed by atoms with Crippen molar-refractivity contribution in [2.24, 2.45) is 0 Å². The highest BCUT2D eigenvalue weighted by atomic mass is 32.1. The Bertz CT molecular complexity index is 740. The fourth-order valence-electron chi connectivity index (χ4n) is 3.46. The van der Waals surface area contributed by atoms with E-state index in [0.29, 0.717) is 18.3 Å². The first-order chi connectivity index (χ1) is 12.3. The van der Waals surface area contributed by atoms with Crippen molar-refractivity contribution >= 4 is 22.2 Å². The van der Waals surface area contributed by atoms with Crippen LogP contribution in [0.5, 0.6) is 0 Å². The van der Waals surface area contributed by atoms with Crippen molar-refractivity contribution < 1.29 is 9.90 Å². The molecule has 1 aliphatic rings. The van der Waals surface area contributed by atoms with Crippen LogP contribution in [0, 0.1) is 0 Å². The molecule has 0 aromatic carbocycles. The first-order valence-electron chi connectivity index (χ1n) is 9.54. The smallest absolute Gasteiger partial charge is 0.274 e. The summed E-state index contributed by atoms with van der Waals surface area (Å²) in [6, 6.07) is 0.316.